The van der Waals surface area contributed by atoms with Crippen molar-refractivity contribution in [3.63, 3.8) is 0 Å². The summed E-state index contributed by atoms with van der Waals surface area (Å²) in [6, 6.07) is 2.55. The molecule has 1 aliphatic carbocycles. The maximum atomic E-state index is 11.7. The number of amides is 1. The van der Waals surface area contributed by atoms with Crippen molar-refractivity contribution in [2.24, 2.45) is 5.92 Å². The van der Waals surface area contributed by atoms with Gasteiger partial charge in [0.25, 0.3) is 0 Å². The third-order valence-electron chi connectivity index (χ3n) is 5.70. The molecule has 2 saturated heterocycles. The van der Waals surface area contributed by atoms with Crippen molar-refractivity contribution >= 4 is 11.7 Å². The molecule has 3 aliphatic rings. The first-order valence-electron chi connectivity index (χ1n) is 9.70. The second kappa shape index (κ2) is 8.47. The third-order valence-corrected chi connectivity index (χ3v) is 5.70. The summed E-state index contributed by atoms with van der Waals surface area (Å²) < 4.78 is 11.1. The normalized spacial score (nSPS) is 30.9. The van der Waals surface area contributed by atoms with Gasteiger partial charge in [-0.1, -0.05) is 0 Å². The van der Waals surface area contributed by atoms with Gasteiger partial charge in [-0.15, -0.1) is 0 Å². The number of hydrazine groups is 1. The number of ether oxygens (including phenoxy) is 2. The Morgan fingerprint density at radius 3 is 3.04 bits per heavy atom. The molecule has 0 spiro atoms. The molecular weight excluding hydrogens is 348 g/mol. The summed E-state index contributed by atoms with van der Waals surface area (Å²) in [5.74, 6) is 1.26. The predicted molar refractivity (Wildman–Crippen MR) is 99.0 cm³/mol. The van der Waals surface area contributed by atoms with Crippen molar-refractivity contribution in [3.05, 3.63) is 18.1 Å². The fourth-order valence-corrected chi connectivity index (χ4v) is 4.30. The molecule has 0 aromatic carbocycles. The summed E-state index contributed by atoms with van der Waals surface area (Å²) in [5, 5.41) is 2.85. The van der Waals surface area contributed by atoms with E-state index < -0.39 is 0 Å². The second-order valence-electron chi connectivity index (χ2n) is 7.41. The first kappa shape index (κ1) is 18.5. The summed E-state index contributed by atoms with van der Waals surface area (Å²) in [6.45, 7) is 3.02. The number of nitrogens with one attached hydrogen (secondary N) is 3. The summed E-state index contributed by atoms with van der Waals surface area (Å²) in [6.07, 6.45) is 4.99. The first-order valence-corrected chi connectivity index (χ1v) is 9.70. The Bertz CT molecular complexity index is 660. The molecular formula is C18H28N6O3. The molecule has 1 saturated carbocycles. The molecule has 4 unspecified atom stereocenters. The Labute approximate surface area is 159 Å². The van der Waals surface area contributed by atoms with Crippen molar-refractivity contribution in [2.75, 3.05) is 44.9 Å². The number of anilines is 1. The van der Waals surface area contributed by atoms with Crippen LogP contribution in [0.4, 0.5) is 5.82 Å². The number of hydrogen-bond acceptors (Lipinski definition) is 8. The van der Waals surface area contributed by atoms with Gasteiger partial charge >= 0.3 is 0 Å². The van der Waals surface area contributed by atoms with E-state index in [1.54, 1.807) is 13.4 Å². The van der Waals surface area contributed by atoms with Gasteiger partial charge in [0.05, 0.1) is 37.6 Å². The minimum atomic E-state index is 0.0328. The van der Waals surface area contributed by atoms with Crippen LogP contribution in [0.5, 0.6) is 0 Å². The molecule has 4 rings (SSSR count). The Balaban J connectivity index is 1.45. The Morgan fingerprint density at radius 1 is 1.26 bits per heavy atom. The highest BCUT2D eigenvalue weighted by Gasteiger charge is 2.42. The van der Waals surface area contributed by atoms with Gasteiger partial charge in [0, 0.05) is 38.2 Å². The second-order valence-corrected chi connectivity index (χ2v) is 7.41. The zero-order chi connectivity index (χ0) is 18.6. The number of carbonyl (C=O) groups is 1. The number of methoxy groups -OCH3 is 1. The van der Waals surface area contributed by atoms with E-state index in [9.17, 15) is 4.79 Å². The number of aromatic nitrogens is 2. The number of piperazine rings is 1. The standard InChI is InChI=1S/C18H28N6O3/c1-26-6-7-27-12-2-3-14-13(8-12)18(23-22-14)15-9-16(21-11-20-15)24-5-4-19-17(25)10-24/h9,11-14,18,22-23H,2-8,10H2,1H3,(H,19,25). The van der Waals surface area contributed by atoms with Gasteiger partial charge < -0.3 is 19.7 Å². The summed E-state index contributed by atoms with van der Waals surface area (Å²) in [4.78, 5) is 22.6. The topological polar surface area (TPSA) is 101 Å². The average Bonchev–Trinajstić information content (AvgIpc) is 3.12. The highest BCUT2D eigenvalue weighted by atomic mass is 16.5. The van der Waals surface area contributed by atoms with Gasteiger partial charge in [0.2, 0.25) is 5.91 Å². The van der Waals surface area contributed by atoms with E-state index in [4.69, 9.17) is 9.47 Å². The first-order chi connectivity index (χ1) is 13.2. The molecule has 3 heterocycles. The van der Waals surface area contributed by atoms with E-state index in [-0.39, 0.29) is 18.1 Å². The fraction of sp³-hybridized carbons (Fsp3) is 0.722. The van der Waals surface area contributed by atoms with Crippen LogP contribution in [0.3, 0.4) is 0 Å². The Hall–Kier alpha value is -1.81. The molecule has 0 bridgehead atoms. The highest BCUT2D eigenvalue weighted by molar-refractivity contribution is 5.82. The van der Waals surface area contributed by atoms with Crippen molar-refractivity contribution in [3.8, 4) is 0 Å². The molecule has 3 fully saturated rings. The molecule has 1 amide bonds. The van der Waals surface area contributed by atoms with Crippen LogP contribution in [-0.4, -0.2) is 68.0 Å². The highest BCUT2D eigenvalue weighted by Crippen LogP contribution is 2.38. The molecule has 9 nitrogen and oxygen atoms in total. The molecule has 3 N–H and O–H groups in total. The van der Waals surface area contributed by atoms with Gasteiger partial charge in [0.15, 0.2) is 0 Å². The lowest BCUT2D eigenvalue weighted by Gasteiger charge is -2.33. The minimum Gasteiger partial charge on any atom is -0.382 e. The fourth-order valence-electron chi connectivity index (χ4n) is 4.30. The quantitative estimate of drug-likeness (QED) is 0.585. The van der Waals surface area contributed by atoms with Crippen molar-refractivity contribution in [1.29, 1.82) is 0 Å². The summed E-state index contributed by atoms with van der Waals surface area (Å²) in [7, 11) is 1.69. The Kier molecular flexibility index (Phi) is 5.82. The lowest BCUT2D eigenvalue weighted by molar-refractivity contribution is -0.120. The van der Waals surface area contributed by atoms with E-state index in [1.807, 2.05) is 11.0 Å². The van der Waals surface area contributed by atoms with Gasteiger partial charge in [-0.25, -0.2) is 15.4 Å². The molecule has 148 valence electrons. The Morgan fingerprint density at radius 2 is 2.19 bits per heavy atom. The van der Waals surface area contributed by atoms with Crippen LogP contribution in [0.15, 0.2) is 12.4 Å². The lowest BCUT2D eigenvalue weighted by Crippen LogP contribution is -2.48. The molecule has 2 aliphatic heterocycles. The van der Waals surface area contributed by atoms with Gasteiger partial charge in [-0.3, -0.25) is 10.2 Å². The van der Waals surface area contributed by atoms with Crippen LogP contribution in [-0.2, 0) is 14.3 Å². The van der Waals surface area contributed by atoms with Gasteiger partial charge in [-0.05, 0) is 19.3 Å². The monoisotopic (exact) mass is 376 g/mol. The third kappa shape index (κ3) is 4.21. The molecule has 1 aromatic rings. The van der Waals surface area contributed by atoms with E-state index in [1.165, 1.54) is 0 Å². The van der Waals surface area contributed by atoms with Crippen LogP contribution >= 0.6 is 0 Å². The van der Waals surface area contributed by atoms with Crippen molar-refractivity contribution < 1.29 is 14.3 Å². The zero-order valence-corrected chi connectivity index (χ0v) is 15.7. The van der Waals surface area contributed by atoms with Crippen molar-refractivity contribution in [1.82, 2.24) is 26.1 Å². The number of hydrogen-bond donors (Lipinski definition) is 3. The molecule has 4 atom stereocenters. The molecule has 27 heavy (non-hydrogen) atoms. The number of rotatable bonds is 6. The van der Waals surface area contributed by atoms with E-state index in [2.05, 4.69) is 26.1 Å². The largest absolute Gasteiger partial charge is 0.382 e. The maximum Gasteiger partial charge on any atom is 0.239 e. The van der Waals surface area contributed by atoms with Gasteiger partial charge in [0.1, 0.15) is 12.1 Å². The van der Waals surface area contributed by atoms with E-state index >= 15 is 0 Å². The van der Waals surface area contributed by atoms with Crippen LogP contribution < -0.4 is 21.1 Å². The van der Waals surface area contributed by atoms with Crippen LogP contribution in [0.25, 0.3) is 0 Å². The molecule has 1 aromatic heterocycles. The molecule has 9 heteroatoms. The van der Waals surface area contributed by atoms with E-state index in [0.29, 0.717) is 38.3 Å². The number of fused-ring (bicyclic) bond motifs is 1. The van der Waals surface area contributed by atoms with Crippen LogP contribution in [0.2, 0.25) is 0 Å². The smallest absolute Gasteiger partial charge is 0.239 e. The number of carbonyl (C=O) groups excluding carboxylic acids is 1. The summed E-state index contributed by atoms with van der Waals surface area (Å²) >= 11 is 0. The van der Waals surface area contributed by atoms with Gasteiger partial charge in [-0.2, -0.15) is 0 Å². The van der Waals surface area contributed by atoms with Crippen LogP contribution in [0, 0.1) is 5.92 Å². The minimum absolute atomic E-state index is 0.0328. The van der Waals surface area contributed by atoms with Crippen molar-refractivity contribution in [2.45, 2.75) is 37.5 Å². The van der Waals surface area contributed by atoms with E-state index in [0.717, 1.165) is 37.3 Å². The summed E-state index contributed by atoms with van der Waals surface area (Å²) in [5.41, 5.74) is 7.82. The zero-order valence-electron chi connectivity index (χ0n) is 15.7. The predicted octanol–water partition coefficient (Wildman–Crippen LogP) is -0.238. The SMILES string of the molecule is COCCOC1CCC2NNC(c3cc(N4CCNC(=O)C4)ncn3)C2C1. The maximum absolute atomic E-state index is 11.7. The average molecular weight is 376 g/mol. The molecule has 0 radical (unpaired) electrons. The number of nitrogens with zero attached hydrogens (tertiary/aromatic N) is 3. The van der Waals surface area contributed by atoms with Crippen LogP contribution in [0.1, 0.15) is 31.0 Å². The lowest BCUT2D eigenvalue weighted by atomic mass is 9.79.